The van der Waals surface area contributed by atoms with Crippen LogP contribution in [0.2, 0.25) is 0 Å². The highest BCUT2D eigenvalue weighted by Crippen LogP contribution is 2.48. The van der Waals surface area contributed by atoms with E-state index in [4.69, 9.17) is 5.11 Å². The zero-order valence-corrected chi connectivity index (χ0v) is 8.15. The van der Waals surface area contributed by atoms with Crippen LogP contribution in [0.5, 0.6) is 0 Å². The molecule has 2 aliphatic heterocycles. The van der Waals surface area contributed by atoms with Gasteiger partial charge in [-0.25, -0.2) is 0 Å². The van der Waals surface area contributed by atoms with E-state index in [0.717, 1.165) is 18.1 Å². The van der Waals surface area contributed by atoms with Crippen molar-refractivity contribution in [2.24, 2.45) is 11.8 Å². The van der Waals surface area contributed by atoms with Crippen LogP contribution < -0.4 is 4.90 Å². The van der Waals surface area contributed by atoms with Gasteiger partial charge in [0.05, 0.1) is 5.92 Å². The number of hydrogen-bond acceptors (Lipinski definition) is 5. The molecule has 3 aliphatic rings. The van der Waals surface area contributed by atoms with E-state index in [1.165, 1.54) is 11.3 Å². The van der Waals surface area contributed by atoms with Crippen LogP contribution in [-0.4, -0.2) is 33.9 Å². The summed E-state index contributed by atoms with van der Waals surface area (Å²) in [5.41, 5.74) is 1.68. The fourth-order valence-corrected chi connectivity index (χ4v) is 3.13. The van der Waals surface area contributed by atoms with E-state index in [-0.39, 0.29) is 12.0 Å². The average molecular weight is 211 g/mol. The standard InChI is InChI=1S/C8H9N3O2S/c12-7(13)6-4-1-5(6)11(2-4)8-10-9-3-14-8/h3-6H,1-2H2,(H,12,13). The van der Waals surface area contributed by atoms with Crippen LogP contribution in [0.15, 0.2) is 5.51 Å². The quantitative estimate of drug-likeness (QED) is 0.769. The molecule has 3 atom stereocenters. The van der Waals surface area contributed by atoms with Gasteiger partial charge in [0, 0.05) is 12.6 Å². The molecule has 2 saturated heterocycles. The van der Waals surface area contributed by atoms with Gasteiger partial charge in [0.25, 0.3) is 0 Å². The van der Waals surface area contributed by atoms with E-state index in [0.29, 0.717) is 5.92 Å². The first-order valence-corrected chi connectivity index (χ1v) is 5.41. The van der Waals surface area contributed by atoms with E-state index < -0.39 is 5.97 Å². The highest BCUT2D eigenvalue weighted by Gasteiger charge is 2.56. The van der Waals surface area contributed by atoms with Crippen molar-refractivity contribution in [2.75, 3.05) is 11.4 Å². The second kappa shape index (κ2) is 2.66. The fraction of sp³-hybridized carbons (Fsp3) is 0.625. The normalized spacial score (nSPS) is 34.3. The Morgan fingerprint density at radius 1 is 1.71 bits per heavy atom. The van der Waals surface area contributed by atoms with E-state index >= 15 is 0 Å². The molecule has 1 saturated carbocycles. The monoisotopic (exact) mass is 211 g/mol. The van der Waals surface area contributed by atoms with Crippen LogP contribution >= 0.6 is 11.3 Å². The first kappa shape index (κ1) is 8.16. The average Bonchev–Trinajstić information content (AvgIpc) is 2.76. The fourth-order valence-electron chi connectivity index (χ4n) is 2.50. The Balaban J connectivity index is 1.84. The molecular formula is C8H9N3O2S. The van der Waals surface area contributed by atoms with E-state index in [2.05, 4.69) is 15.1 Å². The van der Waals surface area contributed by atoms with Crippen LogP contribution in [0, 0.1) is 11.8 Å². The number of aliphatic carboxylic acids is 1. The Kier molecular flexibility index (Phi) is 1.55. The lowest BCUT2D eigenvalue weighted by atomic mass is 9.74. The van der Waals surface area contributed by atoms with Gasteiger partial charge in [-0.3, -0.25) is 4.79 Å². The second-order valence-corrected chi connectivity index (χ2v) is 4.61. The molecule has 1 aromatic heterocycles. The Hall–Kier alpha value is -1.17. The molecule has 3 unspecified atom stereocenters. The first-order valence-electron chi connectivity index (χ1n) is 4.53. The van der Waals surface area contributed by atoms with E-state index in [1.807, 2.05) is 0 Å². The van der Waals surface area contributed by atoms with E-state index in [9.17, 15) is 4.79 Å². The molecule has 1 aromatic rings. The summed E-state index contributed by atoms with van der Waals surface area (Å²) >= 11 is 1.48. The molecular weight excluding hydrogens is 202 g/mol. The van der Waals surface area contributed by atoms with Crippen LogP contribution in [-0.2, 0) is 4.79 Å². The van der Waals surface area contributed by atoms with Crippen molar-refractivity contribution in [1.29, 1.82) is 0 Å². The number of anilines is 1. The SMILES string of the molecule is O=C(O)C1C2CC1N(c1nncs1)C2. The van der Waals surface area contributed by atoms with Crippen molar-refractivity contribution >= 4 is 22.4 Å². The number of rotatable bonds is 2. The number of aromatic nitrogens is 2. The third-order valence-corrected chi connectivity index (χ3v) is 3.90. The Labute approximate surface area is 84.4 Å². The molecule has 5 nitrogen and oxygen atoms in total. The lowest BCUT2D eigenvalue weighted by Crippen LogP contribution is -2.43. The molecule has 0 amide bonds. The minimum atomic E-state index is -0.668. The lowest BCUT2D eigenvalue weighted by molar-refractivity contribution is -0.146. The second-order valence-electron chi connectivity index (χ2n) is 3.80. The van der Waals surface area contributed by atoms with Crippen molar-refractivity contribution in [3.05, 3.63) is 5.51 Å². The maximum Gasteiger partial charge on any atom is 0.308 e. The minimum absolute atomic E-state index is 0.158. The van der Waals surface area contributed by atoms with Crippen molar-refractivity contribution in [1.82, 2.24) is 10.2 Å². The Bertz CT molecular complexity index is 367. The van der Waals surface area contributed by atoms with E-state index in [1.54, 1.807) is 5.51 Å². The molecule has 4 rings (SSSR count). The summed E-state index contributed by atoms with van der Waals surface area (Å²) in [5.74, 6) is -0.529. The molecule has 0 aromatic carbocycles. The molecule has 0 spiro atoms. The molecule has 0 radical (unpaired) electrons. The predicted molar refractivity (Wildman–Crippen MR) is 50.3 cm³/mol. The predicted octanol–water partition coefficient (Wildman–Crippen LogP) is 0.447. The number of fused-ring (bicyclic) bond motifs is 1. The Morgan fingerprint density at radius 2 is 2.57 bits per heavy atom. The van der Waals surface area contributed by atoms with Gasteiger partial charge < -0.3 is 10.0 Å². The number of carboxylic acids is 1. The van der Waals surface area contributed by atoms with Crippen LogP contribution in [0.4, 0.5) is 5.13 Å². The van der Waals surface area contributed by atoms with Crippen molar-refractivity contribution in [2.45, 2.75) is 12.5 Å². The highest BCUT2D eigenvalue weighted by molar-refractivity contribution is 7.13. The number of carboxylic acid groups (broad SMARTS) is 1. The maximum absolute atomic E-state index is 10.9. The lowest BCUT2D eigenvalue weighted by Gasteiger charge is -2.32. The van der Waals surface area contributed by atoms with Gasteiger partial charge in [-0.05, 0) is 12.3 Å². The van der Waals surface area contributed by atoms with Crippen LogP contribution in [0.25, 0.3) is 0 Å². The maximum atomic E-state index is 10.9. The molecule has 14 heavy (non-hydrogen) atoms. The molecule has 1 N–H and O–H groups in total. The van der Waals surface area contributed by atoms with Crippen LogP contribution in [0.1, 0.15) is 6.42 Å². The van der Waals surface area contributed by atoms with Gasteiger partial charge >= 0.3 is 5.97 Å². The number of nitrogens with zero attached hydrogens (tertiary/aromatic N) is 3. The van der Waals surface area contributed by atoms with Gasteiger partial charge in [-0.15, -0.1) is 10.2 Å². The van der Waals surface area contributed by atoms with Gasteiger partial charge in [-0.1, -0.05) is 11.3 Å². The topological polar surface area (TPSA) is 66.3 Å². The third kappa shape index (κ3) is 0.914. The summed E-state index contributed by atoms with van der Waals surface area (Å²) in [6.45, 7) is 0.830. The molecule has 74 valence electrons. The number of hydrogen-bond donors (Lipinski definition) is 1. The summed E-state index contributed by atoms with van der Waals surface area (Å²) in [6, 6.07) is 0.158. The smallest absolute Gasteiger partial charge is 0.308 e. The summed E-state index contributed by atoms with van der Waals surface area (Å²) in [5, 5.41) is 17.6. The summed E-state index contributed by atoms with van der Waals surface area (Å²) in [7, 11) is 0. The molecule has 3 fully saturated rings. The first-order chi connectivity index (χ1) is 6.77. The van der Waals surface area contributed by atoms with Gasteiger partial charge in [0.1, 0.15) is 5.51 Å². The van der Waals surface area contributed by atoms with Gasteiger partial charge in [0.2, 0.25) is 5.13 Å². The molecule has 3 heterocycles. The summed E-state index contributed by atoms with van der Waals surface area (Å²) in [6.07, 6.45) is 0.997. The molecule has 2 bridgehead atoms. The molecule has 6 heteroatoms. The summed E-state index contributed by atoms with van der Waals surface area (Å²) in [4.78, 5) is 13.0. The van der Waals surface area contributed by atoms with Crippen molar-refractivity contribution in [3.8, 4) is 0 Å². The largest absolute Gasteiger partial charge is 0.481 e. The van der Waals surface area contributed by atoms with Gasteiger partial charge in [0.15, 0.2) is 0 Å². The van der Waals surface area contributed by atoms with Crippen molar-refractivity contribution in [3.63, 3.8) is 0 Å². The summed E-state index contributed by atoms with van der Waals surface area (Å²) < 4.78 is 0. The zero-order chi connectivity index (χ0) is 9.71. The van der Waals surface area contributed by atoms with Crippen LogP contribution in [0.3, 0.4) is 0 Å². The van der Waals surface area contributed by atoms with Crippen molar-refractivity contribution < 1.29 is 9.90 Å². The van der Waals surface area contributed by atoms with Gasteiger partial charge in [-0.2, -0.15) is 0 Å². The third-order valence-electron chi connectivity index (χ3n) is 3.18. The Morgan fingerprint density at radius 3 is 3.14 bits per heavy atom. The zero-order valence-electron chi connectivity index (χ0n) is 7.33. The highest BCUT2D eigenvalue weighted by atomic mass is 32.1. The minimum Gasteiger partial charge on any atom is -0.481 e. The number of carbonyl (C=O) groups is 1. The molecule has 1 aliphatic carbocycles.